The fourth-order valence-electron chi connectivity index (χ4n) is 3.24. The number of fused-ring (bicyclic) bond motifs is 3. The van der Waals surface area contributed by atoms with Gasteiger partial charge in [-0.3, -0.25) is 4.79 Å². The summed E-state index contributed by atoms with van der Waals surface area (Å²) >= 11 is 0. The lowest BCUT2D eigenvalue weighted by Gasteiger charge is -2.44. The average Bonchev–Trinajstić information content (AvgIpc) is 2.54. The lowest BCUT2D eigenvalue weighted by atomic mass is 9.84. The van der Waals surface area contributed by atoms with E-state index in [0.717, 1.165) is 38.0 Å². The van der Waals surface area contributed by atoms with Gasteiger partial charge in [0.2, 0.25) is 0 Å². The molecule has 1 N–H and O–H groups in total. The van der Waals surface area contributed by atoms with Crippen molar-refractivity contribution in [3.8, 4) is 6.07 Å². The van der Waals surface area contributed by atoms with Gasteiger partial charge < -0.3 is 10.2 Å². The molecule has 3 fully saturated rings. The van der Waals surface area contributed by atoms with Gasteiger partial charge in [0.05, 0.1) is 0 Å². The fraction of sp³-hybridized carbons (Fsp3) is 0.412. The van der Waals surface area contributed by atoms with Crippen molar-refractivity contribution < 1.29 is 4.79 Å². The molecule has 1 atom stereocenters. The van der Waals surface area contributed by atoms with E-state index in [-0.39, 0.29) is 17.5 Å². The molecule has 1 aromatic rings. The van der Waals surface area contributed by atoms with Crippen molar-refractivity contribution in [1.29, 1.82) is 5.26 Å². The molecular formula is C17H19N3O. The number of hydrogen-bond acceptors (Lipinski definition) is 3. The second kappa shape index (κ2) is 6.11. The van der Waals surface area contributed by atoms with Gasteiger partial charge in [0.25, 0.3) is 5.91 Å². The number of nitrogens with zero attached hydrogens (tertiary/aromatic N) is 2. The molecule has 0 saturated carbocycles. The number of nitrogens with one attached hydrogen (secondary N) is 1. The van der Waals surface area contributed by atoms with Crippen LogP contribution in [0.5, 0.6) is 0 Å². The van der Waals surface area contributed by atoms with Crippen molar-refractivity contribution in [2.45, 2.75) is 18.9 Å². The summed E-state index contributed by atoms with van der Waals surface area (Å²) in [6.07, 6.45) is 3.95. The van der Waals surface area contributed by atoms with Crippen molar-refractivity contribution in [2.75, 3.05) is 19.6 Å². The number of carbonyl (C=O) groups is 1. The summed E-state index contributed by atoms with van der Waals surface area (Å²) in [6, 6.07) is 11.7. The number of nitriles is 1. The van der Waals surface area contributed by atoms with Crippen molar-refractivity contribution in [3.63, 3.8) is 0 Å². The molecule has 4 rings (SSSR count). The number of rotatable bonds is 3. The molecule has 21 heavy (non-hydrogen) atoms. The van der Waals surface area contributed by atoms with Gasteiger partial charge in [-0.15, -0.1) is 0 Å². The van der Waals surface area contributed by atoms with Crippen molar-refractivity contribution >= 4 is 12.0 Å². The van der Waals surface area contributed by atoms with E-state index < -0.39 is 0 Å². The average molecular weight is 281 g/mol. The van der Waals surface area contributed by atoms with Gasteiger partial charge in [0.15, 0.2) is 0 Å². The van der Waals surface area contributed by atoms with Crippen LogP contribution in [0.25, 0.3) is 6.08 Å². The number of piperidine rings is 3. The molecule has 0 aromatic heterocycles. The standard InChI is InChI=1S/C17H19N3O/c18-11-15(10-13-4-2-1-3-5-13)17(21)19-16-12-20-8-6-14(16)7-9-20/h1-5,10,14,16H,6-9,12H2,(H,19,21). The molecule has 3 saturated heterocycles. The maximum atomic E-state index is 12.3. The minimum Gasteiger partial charge on any atom is -0.347 e. The molecular weight excluding hydrogens is 262 g/mol. The van der Waals surface area contributed by atoms with Crippen molar-refractivity contribution in [1.82, 2.24) is 10.2 Å². The predicted octanol–water partition coefficient (Wildman–Crippen LogP) is 1.80. The first-order chi connectivity index (χ1) is 10.3. The second-order valence-electron chi connectivity index (χ2n) is 5.80. The first-order valence-corrected chi connectivity index (χ1v) is 7.46. The van der Waals surface area contributed by atoms with Crippen LogP contribution in [0.15, 0.2) is 35.9 Å². The smallest absolute Gasteiger partial charge is 0.262 e. The van der Waals surface area contributed by atoms with Gasteiger partial charge in [0, 0.05) is 12.6 Å². The molecule has 3 heterocycles. The van der Waals surface area contributed by atoms with E-state index in [1.807, 2.05) is 36.4 Å². The summed E-state index contributed by atoms with van der Waals surface area (Å²) in [6.45, 7) is 3.20. The Labute approximate surface area is 125 Å². The van der Waals surface area contributed by atoms with Crippen LogP contribution in [0, 0.1) is 17.2 Å². The maximum Gasteiger partial charge on any atom is 0.262 e. The highest BCUT2D eigenvalue weighted by Gasteiger charge is 2.35. The molecule has 0 radical (unpaired) electrons. The summed E-state index contributed by atoms with van der Waals surface area (Å²) in [5, 5.41) is 12.3. The minimum absolute atomic E-state index is 0.178. The molecule has 4 nitrogen and oxygen atoms in total. The topological polar surface area (TPSA) is 56.1 Å². The normalized spacial score (nSPS) is 28.0. The lowest BCUT2D eigenvalue weighted by molar-refractivity contribution is -0.119. The zero-order valence-corrected chi connectivity index (χ0v) is 12.0. The third-order valence-electron chi connectivity index (χ3n) is 4.45. The van der Waals surface area contributed by atoms with Crippen LogP contribution < -0.4 is 5.32 Å². The van der Waals surface area contributed by atoms with E-state index in [1.54, 1.807) is 6.08 Å². The highest BCUT2D eigenvalue weighted by atomic mass is 16.1. The predicted molar refractivity (Wildman–Crippen MR) is 81.1 cm³/mol. The van der Waals surface area contributed by atoms with Gasteiger partial charge in [0.1, 0.15) is 11.6 Å². The quantitative estimate of drug-likeness (QED) is 0.679. The molecule has 2 bridgehead atoms. The van der Waals surface area contributed by atoms with Crippen LogP contribution in [0.2, 0.25) is 0 Å². The monoisotopic (exact) mass is 281 g/mol. The molecule has 1 aromatic carbocycles. The third kappa shape index (κ3) is 3.14. The molecule has 0 spiro atoms. The van der Waals surface area contributed by atoms with Crippen LogP contribution in [0.3, 0.4) is 0 Å². The molecule has 1 unspecified atom stereocenters. The first kappa shape index (κ1) is 13.8. The maximum absolute atomic E-state index is 12.3. The largest absolute Gasteiger partial charge is 0.347 e. The summed E-state index contributed by atoms with van der Waals surface area (Å²) in [5.74, 6) is 0.315. The van der Waals surface area contributed by atoms with Gasteiger partial charge in [-0.05, 0) is 43.5 Å². The van der Waals surface area contributed by atoms with E-state index in [0.29, 0.717) is 5.92 Å². The SMILES string of the molecule is N#CC(=Cc1ccccc1)C(=O)NC1CN2CCC1CC2. The molecule has 0 aliphatic carbocycles. The summed E-state index contributed by atoms with van der Waals surface area (Å²) in [5.41, 5.74) is 1.05. The molecule has 108 valence electrons. The third-order valence-corrected chi connectivity index (χ3v) is 4.45. The van der Waals surface area contributed by atoms with E-state index in [9.17, 15) is 10.1 Å². The Morgan fingerprint density at radius 1 is 1.29 bits per heavy atom. The van der Waals surface area contributed by atoms with Crippen LogP contribution in [0.4, 0.5) is 0 Å². The van der Waals surface area contributed by atoms with Crippen LogP contribution in [-0.2, 0) is 4.79 Å². The summed E-state index contributed by atoms with van der Waals surface area (Å²) in [4.78, 5) is 14.7. The van der Waals surface area contributed by atoms with Gasteiger partial charge in [-0.1, -0.05) is 30.3 Å². The summed E-state index contributed by atoms with van der Waals surface area (Å²) < 4.78 is 0. The van der Waals surface area contributed by atoms with Gasteiger partial charge in [-0.2, -0.15) is 5.26 Å². The molecule has 1 amide bonds. The number of amides is 1. The van der Waals surface area contributed by atoms with Crippen molar-refractivity contribution in [3.05, 3.63) is 41.5 Å². The van der Waals surface area contributed by atoms with E-state index in [1.165, 1.54) is 0 Å². The minimum atomic E-state index is -0.250. The first-order valence-electron chi connectivity index (χ1n) is 7.46. The molecule has 4 heteroatoms. The Morgan fingerprint density at radius 3 is 2.57 bits per heavy atom. The Bertz CT molecular complexity index is 580. The van der Waals surface area contributed by atoms with E-state index >= 15 is 0 Å². The van der Waals surface area contributed by atoms with Crippen molar-refractivity contribution in [2.24, 2.45) is 5.92 Å². The molecule has 3 aliphatic heterocycles. The Hall–Kier alpha value is -2.12. The lowest BCUT2D eigenvalue weighted by Crippen LogP contribution is -2.57. The van der Waals surface area contributed by atoms with Crippen LogP contribution in [0.1, 0.15) is 18.4 Å². The van der Waals surface area contributed by atoms with Gasteiger partial charge in [-0.25, -0.2) is 0 Å². The number of hydrogen-bond donors (Lipinski definition) is 1. The second-order valence-corrected chi connectivity index (χ2v) is 5.80. The fourth-order valence-corrected chi connectivity index (χ4v) is 3.24. The van der Waals surface area contributed by atoms with E-state index in [4.69, 9.17) is 0 Å². The summed E-state index contributed by atoms with van der Waals surface area (Å²) in [7, 11) is 0. The van der Waals surface area contributed by atoms with Gasteiger partial charge >= 0.3 is 0 Å². The zero-order chi connectivity index (χ0) is 14.7. The Balaban J connectivity index is 1.69. The molecule has 3 aliphatic rings. The number of carbonyl (C=O) groups excluding carboxylic acids is 1. The Kier molecular flexibility index (Phi) is 4.03. The zero-order valence-electron chi connectivity index (χ0n) is 12.0. The number of benzene rings is 1. The highest BCUT2D eigenvalue weighted by Crippen LogP contribution is 2.27. The highest BCUT2D eigenvalue weighted by molar-refractivity contribution is 6.01. The van der Waals surface area contributed by atoms with Crippen LogP contribution >= 0.6 is 0 Å². The van der Waals surface area contributed by atoms with E-state index in [2.05, 4.69) is 10.2 Å². The Morgan fingerprint density at radius 2 is 2.00 bits per heavy atom. The van der Waals surface area contributed by atoms with Crippen LogP contribution in [-0.4, -0.2) is 36.5 Å².